The predicted octanol–water partition coefficient (Wildman–Crippen LogP) is 2.87. The van der Waals surface area contributed by atoms with Gasteiger partial charge in [0, 0.05) is 57.6 Å². The molecule has 4 rings (SSSR count). The van der Waals surface area contributed by atoms with E-state index in [9.17, 15) is 0 Å². The fourth-order valence-electron chi connectivity index (χ4n) is 4.39. The Morgan fingerprint density at radius 2 is 1.91 bits per heavy atom. The summed E-state index contributed by atoms with van der Waals surface area (Å²) in [6.07, 6.45) is 4.34. The summed E-state index contributed by atoms with van der Waals surface area (Å²) in [4.78, 5) is 13.9. The van der Waals surface area contributed by atoms with Gasteiger partial charge < -0.3 is 20.3 Å². The second-order valence-corrected chi connectivity index (χ2v) is 8.14. The Hall–Kier alpha value is -1.91. The minimum absolute atomic E-state index is 0. The molecule has 2 aliphatic rings. The van der Waals surface area contributed by atoms with Crippen molar-refractivity contribution in [3.8, 4) is 0 Å². The van der Waals surface area contributed by atoms with Crippen molar-refractivity contribution in [3.05, 3.63) is 59.8 Å². The predicted molar refractivity (Wildman–Crippen MR) is 141 cm³/mol. The molecule has 2 aliphatic heterocycles. The number of ether oxygens (including phenoxy) is 1. The molecule has 0 bridgehead atoms. The monoisotopic (exact) mass is 550 g/mol. The van der Waals surface area contributed by atoms with Gasteiger partial charge in [0.25, 0.3) is 0 Å². The molecule has 0 aliphatic carbocycles. The van der Waals surface area contributed by atoms with E-state index in [1.54, 1.807) is 0 Å². The van der Waals surface area contributed by atoms with Crippen LogP contribution in [0.15, 0.2) is 53.7 Å². The average molecular weight is 550 g/mol. The number of hydrogen-bond acceptors (Lipinski definition) is 5. The highest BCUT2D eigenvalue weighted by molar-refractivity contribution is 14.0. The Morgan fingerprint density at radius 1 is 1.09 bits per heavy atom. The van der Waals surface area contributed by atoms with Gasteiger partial charge in [-0.1, -0.05) is 36.4 Å². The normalized spacial score (nSPS) is 19.5. The lowest BCUT2D eigenvalue weighted by molar-refractivity contribution is 0.122. The summed E-state index contributed by atoms with van der Waals surface area (Å²) in [6.45, 7) is 7.05. The van der Waals surface area contributed by atoms with Crippen molar-refractivity contribution in [1.82, 2.24) is 20.5 Å². The maximum Gasteiger partial charge on any atom is 0.191 e. The Morgan fingerprint density at radius 3 is 2.69 bits per heavy atom. The van der Waals surface area contributed by atoms with Crippen LogP contribution < -0.4 is 15.5 Å². The minimum atomic E-state index is 0. The van der Waals surface area contributed by atoms with E-state index < -0.39 is 0 Å². The number of aromatic nitrogens is 1. The van der Waals surface area contributed by atoms with E-state index in [1.807, 2.05) is 19.3 Å². The van der Waals surface area contributed by atoms with E-state index in [1.165, 1.54) is 24.0 Å². The molecule has 0 radical (unpaired) electrons. The molecule has 1 aromatic carbocycles. The van der Waals surface area contributed by atoms with Crippen LogP contribution in [0.2, 0.25) is 0 Å². The molecule has 3 heterocycles. The molecule has 174 valence electrons. The second kappa shape index (κ2) is 13.0. The first-order valence-electron chi connectivity index (χ1n) is 11.3. The van der Waals surface area contributed by atoms with Crippen LogP contribution in [0.25, 0.3) is 0 Å². The molecule has 0 saturated carbocycles. The van der Waals surface area contributed by atoms with Gasteiger partial charge in [-0.3, -0.25) is 9.89 Å². The van der Waals surface area contributed by atoms with E-state index in [0.29, 0.717) is 12.6 Å². The van der Waals surface area contributed by atoms with Gasteiger partial charge in [0.2, 0.25) is 0 Å². The average Bonchev–Trinajstić information content (AvgIpc) is 3.27. The van der Waals surface area contributed by atoms with Crippen LogP contribution >= 0.6 is 24.0 Å². The molecule has 1 atom stereocenters. The number of benzene rings is 1. The van der Waals surface area contributed by atoms with E-state index >= 15 is 0 Å². The summed E-state index contributed by atoms with van der Waals surface area (Å²) in [5.74, 6) is 1.88. The number of likely N-dealkylation sites (tertiary alicyclic amines) is 1. The van der Waals surface area contributed by atoms with Gasteiger partial charge in [0.05, 0.1) is 13.2 Å². The van der Waals surface area contributed by atoms with E-state index in [-0.39, 0.29) is 24.0 Å². The zero-order valence-electron chi connectivity index (χ0n) is 18.9. The second-order valence-electron chi connectivity index (χ2n) is 8.14. The molecule has 2 fully saturated rings. The minimum Gasteiger partial charge on any atom is -0.378 e. The quantitative estimate of drug-likeness (QED) is 0.314. The standard InChI is InChI=1S/C24H34N6O.HI/c1-25-24(27-17-21-9-5-11-26-23(21)29-13-15-31-16-14-29)28-18-22-10-6-12-30(22)19-20-7-3-2-4-8-20;/h2-5,7-9,11,22H,6,10,12-19H2,1H3,(H2,25,27,28);1H. The van der Waals surface area contributed by atoms with Crippen LogP contribution in [0.1, 0.15) is 24.0 Å². The Labute approximate surface area is 208 Å². The lowest BCUT2D eigenvalue weighted by Crippen LogP contribution is -2.44. The molecule has 8 heteroatoms. The number of rotatable bonds is 7. The summed E-state index contributed by atoms with van der Waals surface area (Å²) >= 11 is 0. The third-order valence-electron chi connectivity index (χ3n) is 6.08. The van der Waals surface area contributed by atoms with Crippen LogP contribution in [0.4, 0.5) is 5.82 Å². The van der Waals surface area contributed by atoms with Gasteiger partial charge in [-0.05, 0) is 31.0 Å². The van der Waals surface area contributed by atoms with Gasteiger partial charge in [-0.2, -0.15) is 0 Å². The molecular formula is C24H35IN6O. The van der Waals surface area contributed by atoms with Crippen LogP contribution in [-0.4, -0.2) is 68.3 Å². The molecule has 2 saturated heterocycles. The number of anilines is 1. The highest BCUT2D eigenvalue weighted by Crippen LogP contribution is 2.20. The molecule has 1 unspecified atom stereocenters. The SMILES string of the molecule is CN=C(NCc1cccnc1N1CCOCC1)NCC1CCCN1Cc1ccccc1.I. The van der Waals surface area contributed by atoms with E-state index in [2.05, 4.69) is 66.8 Å². The Kier molecular flexibility index (Phi) is 10.0. The summed E-state index contributed by atoms with van der Waals surface area (Å²) in [5, 5.41) is 7.02. The highest BCUT2D eigenvalue weighted by atomic mass is 127. The Balaban J connectivity index is 0.00000289. The zero-order valence-corrected chi connectivity index (χ0v) is 21.2. The van der Waals surface area contributed by atoms with Crippen molar-refractivity contribution in [2.24, 2.45) is 4.99 Å². The third-order valence-corrected chi connectivity index (χ3v) is 6.08. The summed E-state index contributed by atoms with van der Waals surface area (Å²) in [7, 11) is 1.83. The van der Waals surface area contributed by atoms with E-state index in [4.69, 9.17) is 4.74 Å². The van der Waals surface area contributed by atoms with Crippen molar-refractivity contribution in [2.75, 3.05) is 51.3 Å². The lowest BCUT2D eigenvalue weighted by Gasteiger charge is -2.29. The third kappa shape index (κ3) is 6.79. The van der Waals surface area contributed by atoms with Crippen LogP contribution in [-0.2, 0) is 17.8 Å². The molecule has 2 aromatic rings. The topological polar surface area (TPSA) is 65.0 Å². The summed E-state index contributed by atoms with van der Waals surface area (Å²) < 4.78 is 5.49. The number of nitrogens with one attached hydrogen (secondary N) is 2. The summed E-state index contributed by atoms with van der Waals surface area (Å²) in [6, 6.07) is 15.4. The van der Waals surface area contributed by atoms with Crippen LogP contribution in [0.5, 0.6) is 0 Å². The van der Waals surface area contributed by atoms with Crippen molar-refractivity contribution < 1.29 is 4.74 Å². The van der Waals surface area contributed by atoms with Crippen molar-refractivity contribution in [2.45, 2.75) is 32.0 Å². The van der Waals surface area contributed by atoms with Gasteiger partial charge in [0.15, 0.2) is 5.96 Å². The fraction of sp³-hybridized carbons (Fsp3) is 0.500. The maximum atomic E-state index is 5.49. The first-order valence-corrected chi connectivity index (χ1v) is 11.3. The zero-order chi connectivity index (χ0) is 21.3. The van der Waals surface area contributed by atoms with Crippen LogP contribution in [0.3, 0.4) is 0 Å². The van der Waals surface area contributed by atoms with Crippen LogP contribution in [0, 0.1) is 0 Å². The number of pyridine rings is 1. The van der Waals surface area contributed by atoms with Gasteiger partial charge in [-0.25, -0.2) is 4.98 Å². The largest absolute Gasteiger partial charge is 0.378 e. The Bertz CT molecular complexity index is 843. The molecule has 7 nitrogen and oxygen atoms in total. The first kappa shape index (κ1) is 24.7. The number of aliphatic imine (C=N–C) groups is 1. The number of halogens is 1. The molecule has 2 N–H and O–H groups in total. The molecule has 1 aromatic heterocycles. The number of morpholine rings is 1. The highest BCUT2D eigenvalue weighted by Gasteiger charge is 2.24. The maximum absolute atomic E-state index is 5.49. The van der Waals surface area contributed by atoms with E-state index in [0.717, 1.165) is 57.7 Å². The number of guanidine groups is 1. The van der Waals surface area contributed by atoms with Gasteiger partial charge >= 0.3 is 0 Å². The van der Waals surface area contributed by atoms with Gasteiger partial charge in [0.1, 0.15) is 5.82 Å². The molecule has 0 amide bonds. The summed E-state index contributed by atoms with van der Waals surface area (Å²) in [5.41, 5.74) is 2.56. The van der Waals surface area contributed by atoms with Crippen molar-refractivity contribution in [3.63, 3.8) is 0 Å². The lowest BCUT2D eigenvalue weighted by atomic mass is 10.2. The number of hydrogen-bond donors (Lipinski definition) is 2. The number of nitrogens with zero attached hydrogens (tertiary/aromatic N) is 4. The molecule has 0 spiro atoms. The smallest absolute Gasteiger partial charge is 0.191 e. The first-order chi connectivity index (χ1) is 15.3. The molecule has 32 heavy (non-hydrogen) atoms. The van der Waals surface area contributed by atoms with Crippen molar-refractivity contribution in [1.29, 1.82) is 0 Å². The molecular weight excluding hydrogens is 515 g/mol. The fourth-order valence-corrected chi connectivity index (χ4v) is 4.39. The van der Waals surface area contributed by atoms with Gasteiger partial charge in [-0.15, -0.1) is 24.0 Å². The van der Waals surface area contributed by atoms with Crippen molar-refractivity contribution >= 4 is 35.8 Å².